The second-order valence-corrected chi connectivity index (χ2v) is 4.41. The van der Waals surface area contributed by atoms with Gasteiger partial charge in [-0.15, -0.1) is 0 Å². The topological polar surface area (TPSA) is 182 Å². The summed E-state index contributed by atoms with van der Waals surface area (Å²) in [6, 6.07) is -2.00. The molecule has 10 nitrogen and oxygen atoms in total. The van der Waals surface area contributed by atoms with Crippen LogP contribution in [0.1, 0.15) is 25.7 Å². The Morgan fingerprint density at radius 3 is 2.14 bits per heavy atom. The number of carbonyl (C=O) groups is 4. The first kappa shape index (κ1) is 18.8. The molecule has 0 aliphatic carbocycles. The molecule has 2 unspecified atom stereocenters. The number of primary amides is 2. The molecular weight excluding hydrogens is 280 g/mol. The van der Waals surface area contributed by atoms with Gasteiger partial charge in [0.1, 0.15) is 6.04 Å². The molecule has 0 rings (SSSR count). The Morgan fingerprint density at radius 2 is 1.67 bits per heavy atom. The van der Waals surface area contributed by atoms with Gasteiger partial charge in [0, 0.05) is 19.9 Å². The van der Waals surface area contributed by atoms with E-state index in [0.29, 0.717) is 0 Å². The van der Waals surface area contributed by atoms with E-state index in [1.54, 1.807) is 0 Å². The van der Waals surface area contributed by atoms with Crippen molar-refractivity contribution in [3.63, 3.8) is 0 Å². The SMILES string of the molecule is CNNC(=O)CCC(N)C(=O)NC(CCC(N)=O)C(N)=O. The number of nitrogens with one attached hydrogen (secondary N) is 3. The summed E-state index contributed by atoms with van der Waals surface area (Å²) in [7, 11) is 1.53. The minimum atomic E-state index is -1.03. The van der Waals surface area contributed by atoms with Crippen molar-refractivity contribution in [1.29, 1.82) is 0 Å². The van der Waals surface area contributed by atoms with E-state index in [1.165, 1.54) is 7.05 Å². The first-order chi connectivity index (χ1) is 9.77. The van der Waals surface area contributed by atoms with E-state index in [0.717, 1.165) is 0 Å². The molecular formula is C11H22N6O4. The fourth-order valence-corrected chi connectivity index (χ4v) is 1.47. The van der Waals surface area contributed by atoms with Gasteiger partial charge in [-0.3, -0.25) is 24.6 Å². The molecule has 9 N–H and O–H groups in total. The Labute approximate surface area is 122 Å². The number of rotatable bonds is 10. The van der Waals surface area contributed by atoms with Crippen molar-refractivity contribution in [3.8, 4) is 0 Å². The number of nitrogens with two attached hydrogens (primary N) is 3. The summed E-state index contributed by atoms with van der Waals surface area (Å²) >= 11 is 0. The van der Waals surface area contributed by atoms with Crippen molar-refractivity contribution in [2.24, 2.45) is 17.2 Å². The van der Waals surface area contributed by atoms with Gasteiger partial charge in [0.15, 0.2) is 0 Å². The van der Waals surface area contributed by atoms with Crippen molar-refractivity contribution < 1.29 is 19.2 Å². The Kier molecular flexibility index (Phi) is 8.65. The van der Waals surface area contributed by atoms with Gasteiger partial charge in [0.2, 0.25) is 23.6 Å². The van der Waals surface area contributed by atoms with Gasteiger partial charge in [-0.05, 0) is 12.8 Å². The molecule has 10 heteroatoms. The molecule has 0 spiro atoms. The molecule has 0 saturated carbocycles. The van der Waals surface area contributed by atoms with Crippen LogP contribution in [0.4, 0.5) is 0 Å². The van der Waals surface area contributed by atoms with Gasteiger partial charge in [-0.2, -0.15) is 0 Å². The van der Waals surface area contributed by atoms with Crippen LogP contribution in [0, 0.1) is 0 Å². The van der Waals surface area contributed by atoms with E-state index in [1.807, 2.05) is 0 Å². The minimum absolute atomic E-state index is 0.00334. The number of hydrazine groups is 1. The van der Waals surface area contributed by atoms with Crippen LogP contribution in [-0.2, 0) is 19.2 Å². The summed E-state index contributed by atoms with van der Waals surface area (Å²) in [6.07, 6.45) is 0.0513. The standard InChI is InChI=1S/C11H22N6O4/c1-15-17-9(19)5-2-6(12)11(21)16-7(10(14)20)3-4-8(13)18/h6-7,15H,2-5,12H2,1H3,(H2,13,18)(H2,14,20)(H,16,21)(H,17,19). The second-order valence-electron chi connectivity index (χ2n) is 4.41. The fourth-order valence-electron chi connectivity index (χ4n) is 1.47. The highest BCUT2D eigenvalue weighted by Crippen LogP contribution is 2.00. The Bertz CT molecular complexity index is 400. The minimum Gasteiger partial charge on any atom is -0.370 e. The predicted octanol–water partition coefficient (Wildman–Crippen LogP) is -3.42. The molecule has 0 aromatic heterocycles. The maximum atomic E-state index is 11.8. The molecule has 21 heavy (non-hydrogen) atoms. The number of amides is 4. The highest BCUT2D eigenvalue weighted by atomic mass is 16.2. The lowest BCUT2D eigenvalue weighted by Gasteiger charge is -2.18. The zero-order valence-electron chi connectivity index (χ0n) is 11.8. The van der Waals surface area contributed by atoms with Gasteiger partial charge in [0.25, 0.3) is 0 Å². The second kappa shape index (κ2) is 9.66. The van der Waals surface area contributed by atoms with Crippen molar-refractivity contribution in [3.05, 3.63) is 0 Å². The molecule has 4 amide bonds. The first-order valence-corrected chi connectivity index (χ1v) is 6.37. The van der Waals surface area contributed by atoms with Crippen LogP contribution in [0.5, 0.6) is 0 Å². The lowest BCUT2D eigenvalue weighted by molar-refractivity contribution is -0.129. The molecule has 0 heterocycles. The fraction of sp³-hybridized carbons (Fsp3) is 0.636. The third-order valence-electron chi connectivity index (χ3n) is 2.62. The average molecular weight is 302 g/mol. The summed E-state index contributed by atoms with van der Waals surface area (Å²) in [6.45, 7) is 0. The monoisotopic (exact) mass is 302 g/mol. The Hall–Kier alpha value is -2.20. The number of hydrogen-bond acceptors (Lipinski definition) is 6. The lowest BCUT2D eigenvalue weighted by atomic mass is 10.1. The third-order valence-corrected chi connectivity index (χ3v) is 2.62. The van der Waals surface area contributed by atoms with Crippen LogP contribution in [0.3, 0.4) is 0 Å². The van der Waals surface area contributed by atoms with Gasteiger partial charge in [-0.25, -0.2) is 5.43 Å². The molecule has 0 fully saturated rings. The molecule has 0 saturated heterocycles. The van der Waals surface area contributed by atoms with E-state index in [4.69, 9.17) is 17.2 Å². The smallest absolute Gasteiger partial charge is 0.240 e. The Morgan fingerprint density at radius 1 is 1.05 bits per heavy atom. The highest BCUT2D eigenvalue weighted by molar-refractivity contribution is 5.89. The maximum Gasteiger partial charge on any atom is 0.240 e. The normalized spacial score (nSPS) is 13.0. The van der Waals surface area contributed by atoms with Gasteiger partial charge < -0.3 is 22.5 Å². The van der Waals surface area contributed by atoms with Crippen molar-refractivity contribution in [2.45, 2.75) is 37.8 Å². The number of carbonyl (C=O) groups excluding carboxylic acids is 4. The van der Waals surface area contributed by atoms with Crippen LogP contribution in [-0.4, -0.2) is 42.8 Å². The molecule has 0 aromatic carbocycles. The summed E-state index contributed by atoms with van der Waals surface area (Å²) < 4.78 is 0. The van der Waals surface area contributed by atoms with E-state index in [-0.39, 0.29) is 31.6 Å². The molecule has 2 atom stereocenters. The molecule has 0 aromatic rings. The maximum absolute atomic E-state index is 11.8. The summed E-state index contributed by atoms with van der Waals surface area (Å²) in [5.41, 5.74) is 20.5. The average Bonchev–Trinajstić information content (AvgIpc) is 2.40. The number of hydrogen-bond donors (Lipinski definition) is 6. The summed E-state index contributed by atoms with van der Waals surface area (Å²) in [4.78, 5) is 44.8. The highest BCUT2D eigenvalue weighted by Gasteiger charge is 2.22. The van der Waals surface area contributed by atoms with Crippen molar-refractivity contribution in [2.75, 3.05) is 7.05 Å². The van der Waals surface area contributed by atoms with E-state index >= 15 is 0 Å². The summed E-state index contributed by atoms with van der Waals surface area (Å²) in [5.74, 6) is -2.34. The van der Waals surface area contributed by atoms with Gasteiger partial charge >= 0.3 is 0 Å². The Balaban J connectivity index is 4.30. The van der Waals surface area contributed by atoms with E-state index < -0.39 is 29.8 Å². The zero-order valence-corrected chi connectivity index (χ0v) is 11.8. The molecule has 0 bridgehead atoms. The molecule has 0 aliphatic heterocycles. The van der Waals surface area contributed by atoms with Gasteiger partial charge in [0.05, 0.1) is 6.04 Å². The van der Waals surface area contributed by atoms with Crippen molar-refractivity contribution >= 4 is 23.6 Å². The summed E-state index contributed by atoms with van der Waals surface area (Å²) in [5, 5.41) is 2.33. The zero-order chi connectivity index (χ0) is 16.4. The van der Waals surface area contributed by atoms with Gasteiger partial charge in [-0.1, -0.05) is 0 Å². The lowest BCUT2D eigenvalue weighted by Crippen LogP contribution is -2.50. The van der Waals surface area contributed by atoms with E-state index in [2.05, 4.69) is 16.2 Å². The van der Waals surface area contributed by atoms with Crippen LogP contribution in [0.2, 0.25) is 0 Å². The van der Waals surface area contributed by atoms with Crippen molar-refractivity contribution in [1.82, 2.24) is 16.2 Å². The largest absolute Gasteiger partial charge is 0.370 e. The van der Waals surface area contributed by atoms with Crippen LogP contribution < -0.4 is 33.4 Å². The first-order valence-electron chi connectivity index (χ1n) is 6.37. The predicted molar refractivity (Wildman–Crippen MR) is 74.0 cm³/mol. The van der Waals surface area contributed by atoms with Crippen LogP contribution in [0.25, 0.3) is 0 Å². The third kappa shape index (κ3) is 8.55. The quantitative estimate of drug-likeness (QED) is 0.228. The molecule has 0 aliphatic rings. The van der Waals surface area contributed by atoms with Crippen LogP contribution >= 0.6 is 0 Å². The molecule has 0 radical (unpaired) electrons. The van der Waals surface area contributed by atoms with E-state index in [9.17, 15) is 19.2 Å². The molecule has 120 valence electrons. The van der Waals surface area contributed by atoms with Crippen LogP contribution in [0.15, 0.2) is 0 Å².